The van der Waals surface area contributed by atoms with Crippen molar-refractivity contribution >= 4 is 11.9 Å². The molecule has 1 saturated heterocycles. The van der Waals surface area contributed by atoms with Crippen LogP contribution < -0.4 is 4.74 Å². The maximum absolute atomic E-state index is 13.0. The van der Waals surface area contributed by atoms with E-state index in [9.17, 15) is 9.59 Å². The average molecular weight is 491 g/mol. The fourth-order valence-electron chi connectivity index (χ4n) is 7.44. The van der Waals surface area contributed by atoms with E-state index in [1.165, 1.54) is 19.3 Å². The summed E-state index contributed by atoms with van der Waals surface area (Å²) in [4.78, 5) is 25.5. The van der Waals surface area contributed by atoms with Crippen molar-refractivity contribution < 1.29 is 28.5 Å². The van der Waals surface area contributed by atoms with E-state index in [-0.39, 0.29) is 11.5 Å². The number of ether oxygens (including phenoxy) is 4. The minimum atomic E-state index is -0.640. The van der Waals surface area contributed by atoms with Crippen molar-refractivity contribution in [3.05, 3.63) is 65.2 Å². The SMILES string of the molecule is CC1(C)OCC(COc2ccc(C(=O)OC(=O)c3ccccc3)cc2C23CC4CC(CC(C4)C2)C3)O1. The minimum absolute atomic E-state index is 0.0100. The number of carbonyl (C=O) groups is 2. The van der Waals surface area contributed by atoms with Gasteiger partial charge in [-0.25, -0.2) is 9.59 Å². The van der Waals surface area contributed by atoms with Gasteiger partial charge in [0.25, 0.3) is 0 Å². The molecule has 190 valence electrons. The molecule has 6 heteroatoms. The predicted octanol–water partition coefficient (Wildman–Crippen LogP) is 5.68. The van der Waals surface area contributed by atoms with Gasteiger partial charge in [0.05, 0.1) is 17.7 Å². The van der Waals surface area contributed by atoms with Gasteiger partial charge in [0.2, 0.25) is 0 Å². The Morgan fingerprint density at radius 2 is 1.53 bits per heavy atom. The molecular formula is C30H34O6. The smallest absolute Gasteiger partial charge is 0.346 e. The first-order chi connectivity index (χ1) is 17.3. The fraction of sp³-hybridized carbons (Fsp3) is 0.533. The summed E-state index contributed by atoms with van der Waals surface area (Å²) < 4.78 is 23.3. The summed E-state index contributed by atoms with van der Waals surface area (Å²) in [5.41, 5.74) is 1.84. The van der Waals surface area contributed by atoms with Gasteiger partial charge in [-0.2, -0.15) is 0 Å². The summed E-state index contributed by atoms with van der Waals surface area (Å²) >= 11 is 0. The van der Waals surface area contributed by atoms with E-state index in [2.05, 4.69) is 0 Å². The highest BCUT2D eigenvalue weighted by Gasteiger charge is 2.52. The minimum Gasteiger partial charge on any atom is -0.490 e. The number of benzene rings is 2. The van der Waals surface area contributed by atoms with Gasteiger partial charge in [0.15, 0.2) is 5.79 Å². The Labute approximate surface area is 212 Å². The molecule has 2 aromatic rings. The molecule has 1 heterocycles. The third-order valence-corrected chi connectivity index (χ3v) is 8.51. The highest BCUT2D eigenvalue weighted by Crippen LogP contribution is 2.62. The van der Waals surface area contributed by atoms with Gasteiger partial charge >= 0.3 is 11.9 Å². The molecule has 4 bridgehead atoms. The molecule has 5 aliphatic rings. The largest absolute Gasteiger partial charge is 0.490 e. The van der Waals surface area contributed by atoms with E-state index in [1.54, 1.807) is 30.3 Å². The lowest BCUT2D eigenvalue weighted by Gasteiger charge is -2.57. The summed E-state index contributed by atoms with van der Waals surface area (Å²) in [5.74, 6) is 1.16. The van der Waals surface area contributed by atoms with Crippen LogP contribution >= 0.6 is 0 Å². The molecule has 0 spiro atoms. The average Bonchev–Trinajstić information content (AvgIpc) is 3.20. The molecule has 2 aromatic carbocycles. The maximum Gasteiger partial charge on any atom is 0.346 e. The molecule has 1 atom stereocenters. The lowest BCUT2D eigenvalue weighted by Crippen LogP contribution is -2.48. The fourth-order valence-corrected chi connectivity index (χ4v) is 7.44. The van der Waals surface area contributed by atoms with Crippen LogP contribution in [0.3, 0.4) is 0 Å². The second-order valence-corrected chi connectivity index (χ2v) is 11.7. The molecule has 1 unspecified atom stereocenters. The summed E-state index contributed by atoms with van der Waals surface area (Å²) in [5, 5.41) is 0. The molecule has 0 radical (unpaired) electrons. The zero-order valence-electron chi connectivity index (χ0n) is 21.0. The Balaban J connectivity index is 1.28. The van der Waals surface area contributed by atoms with Crippen LogP contribution in [-0.4, -0.2) is 37.0 Å². The monoisotopic (exact) mass is 490 g/mol. The number of hydrogen-bond acceptors (Lipinski definition) is 6. The third-order valence-electron chi connectivity index (χ3n) is 8.51. The van der Waals surface area contributed by atoms with Crippen molar-refractivity contribution in [1.29, 1.82) is 0 Å². The first kappa shape index (κ1) is 23.7. The second-order valence-electron chi connectivity index (χ2n) is 11.7. The van der Waals surface area contributed by atoms with Gasteiger partial charge in [-0.3, -0.25) is 0 Å². The Morgan fingerprint density at radius 3 is 2.14 bits per heavy atom. The zero-order chi connectivity index (χ0) is 24.9. The Kier molecular flexibility index (Phi) is 5.92. The molecule has 4 saturated carbocycles. The number of esters is 2. The van der Waals surface area contributed by atoms with Crippen molar-refractivity contribution in [3.8, 4) is 5.75 Å². The van der Waals surface area contributed by atoms with Gasteiger partial charge in [0.1, 0.15) is 18.5 Å². The van der Waals surface area contributed by atoms with E-state index >= 15 is 0 Å². The van der Waals surface area contributed by atoms with Crippen molar-refractivity contribution in [1.82, 2.24) is 0 Å². The van der Waals surface area contributed by atoms with Crippen molar-refractivity contribution in [2.75, 3.05) is 13.2 Å². The standard InChI is InChI=1S/C30H34O6/c1-29(2)34-18-24(36-29)17-33-26-9-8-23(28(32)35-27(31)22-6-4-3-5-7-22)13-25(26)30-14-19-10-20(15-30)12-21(11-19)16-30/h3-9,13,19-21,24H,10-12,14-18H2,1-2H3. The molecule has 4 aliphatic carbocycles. The Morgan fingerprint density at radius 1 is 0.889 bits per heavy atom. The number of hydrogen-bond donors (Lipinski definition) is 0. The van der Waals surface area contributed by atoms with Crippen LogP contribution in [0.4, 0.5) is 0 Å². The predicted molar refractivity (Wildman–Crippen MR) is 133 cm³/mol. The van der Waals surface area contributed by atoms with Crippen molar-refractivity contribution in [3.63, 3.8) is 0 Å². The third kappa shape index (κ3) is 4.57. The number of rotatable bonds is 6. The summed E-state index contributed by atoms with van der Waals surface area (Å²) in [7, 11) is 0. The van der Waals surface area contributed by atoms with Gasteiger partial charge in [0, 0.05) is 5.56 Å². The Hall–Kier alpha value is -2.70. The normalized spacial score (nSPS) is 31.8. The topological polar surface area (TPSA) is 71.1 Å². The summed E-state index contributed by atoms with van der Waals surface area (Å²) in [6, 6.07) is 14.1. The van der Waals surface area contributed by atoms with Crippen LogP contribution in [0.25, 0.3) is 0 Å². The molecule has 1 aliphatic heterocycles. The van der Waals surface area contributed by atoms with Gasteiger partial charge in [-0.05, 0) is 106 Å². The highest BCUT2D eigenvalue weighted by atomic mass is 16.7. The van der Waals surface area contributed by atoms with E-state index in [0.29, 0.717) is 24.3 Å². The first-order valence-corrected chi connectivity index (χ1v) is 13.2. The van der Waals surface area contributed by atoms with Crippen molar-refractivity contribution in [2.45, 2.75) is 69.7 Å². The van der Waals surface area contributed by atoms with Crippen LogP contribution in [0, 0.1) is 17.8 Å². The summed E-state index contributed by atoms with van der Waals surface area (Å²) in [6.07, 6.45) is 7.23. The molecule has 0 amide bonds. The van der Waals surface area contributed by atoms with Crippen LogP contribution in [0.1, 0.15) is 78.7 Å². The molecule has 6 nitrogen and oxygen atoms in total. The van der Waals surface area contributed by atoms with Gasteiger partial charge < -0.3 is 18.9 Å². The quantitative estimate of drug-likeness (QED) is 0.383. The molecule has 0 N–H and O–H groups in total. The van der Waals surface area contributed by atoms with Crippen LogP contribution in [0.2, 0.25) is 0 Å². The molecule has 0 aromatic heterocycles. The van der Waals surface area contributed by atoms with E-state index in [4.69, 9.17) is 18.9 Å². The van der Waals surface area contributed by atoms with Gasteiger partial charge in [-0.15, -0.1) is 0 Å². The first-order valence-electron chi connectivity index (χ1n) is 13.2. The van der Waals surface area contributed by atoms with Gasteiger partial charge in [-0.1, -0.05) is 18.2 Å². The molecule has 36 heavy (non-hydrogen) atoms. The molecule has 5 fully saturated rings. The van der Waals surface area contributed by atoms with Crippen LogP contribution in [0.5, 0.6) is 5.75 Å². The lowest BCUT2D eigenvalue weighted by atomic mass is 9.48. The van der Waals surface area contributed by atoms with Crippen molar-refractivity contribution in [2.24, 2.45) is 17.8 Å². The molecule has 7 rings (SSSR count). The maximum atomic E-state index is 13.0. The zero-order valence-corrected chi connectivity index (χ0v) is 21.0. The highest BCUT2D eigenvalue weighted by molar-refractivity contribution is 6.02. The summed E-state index contributed by atoms with van der Waals surface area (Å²) in [6.45, 7) is 4.70. The van der Waals surface area contributed by atoms with Crippen LogP contribution in [-0.2, 0) is 19.6 Å². The van der Waals surface area contributed by atoms with Crippen LogP contribution in [0.15, 0.2) is 48.5 Å². The van der Waals surface area contributed by atoms with E-state index in [1.807, 2.05) is 32.0 Å². The van der Waals surface area contributed by atoms with E-state index < -0.39 is 17.7 Å². The van der Waals surface area contributed by atoms with E-state index in [0.717, 1.165) is 48.3 Å². The second kappa shape index (κ2) is 9.00. The number of carbonyl (C=O) groups excluding carboxylic acids is 2. The molecular weight excluding hydrogens is 456 g/mol. The lowest BCUT2D eigenvalue weighted by molar-refractivity contribution is -0.141. The Bertz CT molecular complexity index is 1120.